The third-order valence-corrected chi connectivity index (χ3v) is 4.97. The molecule has 2 aromatic heterocycles. The van der Waals surface area contributed by atoms with Crippen LogP contribution in [0.4, 0.5) is 11.8 Å². The zero-order valence-corrected chi connectivity index (χ0v) is 17.4. The van der Waals surface area contributed by atoms with Crippen LogP contribution in [-0.4, -0.2) is 72.6 Å². The van der Waals surface area contributed by atoms with Crippen molar-refractivity contribution in [3.8, 4) is 5.75 Å². The largest absolute Gasteiger partial charge is 0.494 e. The number of ether oxygens (including phenoxy) is 2. The maximum Gasteiger partial charge on any atom is 0.247 e. The normalized spacial score (nSPS) is 23.2. The molecule has 3 aromatic rings. The lowest BCUT2D eigenvalue weighted by Gasteiger charge is -2.16. The van der Waals surface area contributed by atoms with E-state index in [1.165, 1.54) is 10.9 Å². The van der Waals surface area contributed by atoms with E-state index in [9.17, 15) is 15.3 Å². The summed E-state index contributed by atoms with van der Waals surface area (Å²) in [5, 5.41) is 33.8. The number of anilines is 2. The van der Waals surface area contributed by atoms with E-state index in [2.05, 4.69) is 25.5 Å². The number of fused-ring (bicyclic) bond motifs is 1. The van der Waals surface area contributed by atoms with Crippen LogP contribution in [0.1, 0.15) is 25.1 Å². The minimum absolute atomic E-state index is 0.107. The molecule has 0 saturated carbocycles. The molecule has 32 heavy (non-hydrogen) atoms. The molecule has 0 radical (unpaired) electrons. The molecule has 12 nitrogen and oxygen atoms in total. The van der Waals surface area contributed by atoms with E-state index in [1.807, 2.05) is 31.2 Å². The summed E-state index contributed by atoms with van der Waals surface area (Å²) in [6.07, 6.45) is -0.531. The highest BCUT2D eigenvalue weighted by atomic mass is 16.6. The monoisotopic (exact) mass is 443 g/mol. The van der Waals surface area contributed by atoms with Crippen LogP contribution in [0.15, 0.2) is 35.7 Å². The predicted molar refractivity (Wildman–Crippen MR) is 116 cm³/mol. The van der Waals surface area contributed by atoms with Gasteiger partial charge in [0, 0.05) is 0 Å². The van der Waals surface area contributed by atoms with Crippen LogP contribution in [0.5, 0.6) is 5.75 Å². The average Bonchev–Trinajstić information content (AvgIpc) is 3.34. The zero-order valence-electron chi connectivity index (χ0n) is 17.4. The maximum absolute atomic E-state index is 10.3. The van der Waals surface area contributed by atoms with Gasteiger partial charge in [-0.1, -0.05) is 6.92 Å². The van der Waals surface area contributed by atoms with E-state index in [-0.39, 0.29) is 17.4 Å². The lowest BCUT2D eigenvalue weighted by molar-refractivity contribution is -0.0511. The first-order valence-electron chi connectivity index (χ1n) is 10.2. The van der Waals surface area contributed by atoms with Gasteiger partial charge in [0.1, 0.15) is 29.6 Å². The Morgan fingerprint density at radius 3 is 2.72 bits per heavy atom. The molecule has 0 amide bonds. The predicted octanol–water partition coefficient (Wildman–Crippen LogP) is 0.255. The van der Waals surface area contributed by atoms with E-state index in [0.29, 0.717) is 12.1 Å². The average molecular weight is 443 g/mol. The van der Waals surface area contributed by atoms with Gasteiger partial charge in [0.2, 0.25) is 5.95 Å². The molecule has 6 N–H and O–H groups in total. The van der Waals surface area contributed by atoms with E-state index in [1.54, 1.807) is 6.21 Å². The number of imidazole rings is 1. The third kappa shape index (κ3) is 4.34. The second-order valence-corrected chi connectivity index (χ2v) is 7.27. The first kappa shape index (κ1) is 21.9. The van der Waals surface area contributed by atoms with E-state index in [4.69, 9.17) is 15.2 Å². The molecule has 3 heterocycles. The molecule has 12 heteroatoms. The van der Waals surface area contributed by atoms with Gasteiger partial charge < -0.3 is 30.5 Å². The number of nitrogens with two attached hydrogens (primary N) is 1. The summed E-state index contributed by atoms with van der Waals surface area (Å²) in [5.41, 5.74) is 10.1. The van der Waals surface area contributed by atoms with Crippen LogP contribution in [-0.2, 0) is 4.74 Å². The lowest BCUT2D eigenvalue weighted by atomic mass is 10.1. The van der Waals surface area contributed by atoms with Crippen molar-refractivity contribution in [3.63, 3.8) is 0 Å². The topological polar surface area (TPSA) is 173 Å². The summed E-state index contributed by atoms with van der Waals surface area (Å²) >= 11 is 0. The van der Waals surface area contributed by atoms with Crippen LogP contribution in [0, 0.1) is 0 Å². The molecule has 0 aliphatic carbocycles. The number of aromatic nitrogens is 4. The fourth-order valence-electron chi connectivity index (χ4n) is 3.32. The van der Waals surface area contributed by atoms with Gasteiger partial charge in [-0.2, -0.15) is 15.1 Å². The fourth-order valence-corrected chi connectivity index (χ4v) is 3.32. The smallest absolute Gasteiger partial charge is 0.247 e. The van der Waals surface area contributed by atoms with Gasteiger partial charge in [-0.15, -0.1) is 0 Å². The van der Waals surface area contributed by atoms with Gasteiger partial charge >= 0.3 is 0 Å². The fraction of sp³-hybridized carbons (Fsp3) is 0.400. The van der Waals surface area contributed by atoms with Gasteiger partial charge in [-0.05, 0) is 36.2 Å². The first-order valence-corrected chi connectivity index (χ1v) is 10.2. The molecule has 170 valence electrons. The van der Waals surface area contributed by atoms with Crippen LogP contribution in [0.25, 0.3) is 11.2 Å². The van der Waals surface area contributed by atoms with Crippen molar-refractivity contribution in [3.05, 3.63) is 36.2 Å². The van der Waals surface area contributed by atoms with Crippen molar-refractivity contribution in [1.82, 2.24) is 19.5 Å². The number of hydrogen-bond acceptors (Lipinski definition) is 11. The Kier molecular flexibility index (Phi) is 6.46. The molecule has 0 unspecified atom stereocenters. The van der Waals surface area contributed by atoms with Gasteiger partial charge in [0.25, 0.3) is 0 Å². The second kappa shape index (κ2) is 9.44. The number of rotatable bonds is 8. The summed E-state index contributed by atoms with van der Waals surface area (Å²) in [6, 6.07) is 7.45. The molecule has 0 bridgehead atoms. The first-order chi connectivity index (χ1) is 15.5. The Balaban J connectivity index is 1.52. The van der Waals surface area contributed by atoms with E-state index in [0.717, 1.165) is 17.7 Å². The molecule has 1 fully saturated rings. The van der Waals surface area contributed by atoms with Crippen LogP contribution in [0.2, 0.25) is 0 Å². The van der Waals surface area contributed by atoms with Crippen molar-refractivity contribution in [2.24, 2.45) is 5.10 Å². The zero-order chi connectivity index (χ0) is 22.7. The molecule has 1 saturated heterocycles. The second-order valence-electron chi connectivity index (χ2n) is 7.27. The Morgan fingerprint density at radius 1 is 1.25 bits per heavy atom. The summed E-state index contributed by atoms with van der Waals surface area (Å²) < 4.78 is 12.5. The van der Waals surface area contributed by atoms with E-state index < -0.39 is 31.1 Å². The van der Waals surface area contributed by atoms with Gasteiger partial charge in [-0.3, -0.25) is 4.57 Å². The highest BCUT2D eigenvalue weighted by Crippen LogP contribution is 2.32. The van der Waals surface area contributed by atoms with Gasteiger partial charge in [0.15, 0.2) is 17.7 Å². The SMILES string of the molecule is CCCOc1ccc(/C=N/Nc2nc(N)c3ncn([C@@H]4O[C@H](CO)[C@@H](O)[C@H]4O)c3n2)cc1. The number of benzene rings is 1. The van der Waals surface area contributed by atoms with Crippen LogP contribution >= 0.6 is 0 Å². The molecule has 1 aliphatic heterocycles. The third-order valence-electron chi connectivity index (χ3n) is 4.97. The highest BCUT2D eigenvalue weighted by molar-refractivity contribution is 5.83. The summed E-state index contributed by atoms with van der Waals surface area (Å²) in [6.45, 7) is 2.27. The van der Waals surface area contributed by atoms with Gasteiger partial charge in [-0.25, -0.2) is 10.4 Å². The summed E-state index contributed by atoms with van der Waals surface area (Å²) in [7, 11) is 0. The van der Waals surface area contributed by atoms with Gasteiger partial charge in [0.05, 0.1) is 25.8 Å². The Bertz CT molecular complexity index is 1090. The molecule has 4 rings (SSSR count). The molecule has 1 aliphatic rings. The Hall–Kier alpha value is -3.32. The number of hydrazone groups is 1. The van der Waals surface area contributed by atoms with Crippen molar-refractivity contribution < 1.29 is 24.8 Å². The Labute approximate surface area is 183 Å². The van der Waals surface area contributed by atoms with Crippen molar-refractivity contribution >= 4 is 29.1 Å². The Morgan fingerprint density at radius 2 is 2.03 bits per heavy atom. The summed E-state index contributed by atoms with van der Waals surface area (Å²) in [4.78, 5) is 12.7. The number of hydrogen-bond donors (Lipinski definition) is 5. The molecule has 1 aromatic carbocycles. The quantitative estimate of drug-likeness (QED) is 0.240. The number of nitrogens with one attached hydrogen (secondary N) is 1. The number of nitrogen functional groups attached to an aromatic ring is 1. The molecule has 4 atom stereocenters. The lowest BCUT2D eigenvalue weighted by Crippen LogP contribution is -2.33. The molecular weight excluding hydrogens is 418 g/mol. The summed E-state index contributed by atoms with van der Waals surface area (Å²) in [5.74, 6) is 1.01. The number of aliphatic hydroxyl groups excluding tert-OH is 3. The van der Waals surface area contributed by atoms with Crippen molar-refractivity contribution in [2.45, 2.75) is 37.9 Å². The minimum Gasteiger partial charge on any atom is -0.494 e. The molecular formula is C20H25N7O5. The van der Waals surface area contributed by atoms with Crippen LogP contribution < -0.4 is 15.9 Å². The van der Waals surface area contributed by atoms with Crippen LogP contribution in [0.3, 0.4) is 0 Å². The number of aliphatic hydroxyl groups is 3. The maximum atomic E-state index is 10.3. The highest BCUT2D eigenvalue weighted by Gasteiger charge is 2.44. The standard InChI is InChI=1S/C20H25N7O5/c1-2-7-31-12-5-3-11(4-6-12)8-23-26-20-24-17(21)14-18(25-20)27(10-22-14)19-16(30)15(29)13(9-28)32-19/h3-6,8,10,13,15-16,19,28-30H,2,7,9H2,1H3,(H3,21,24,25,26)/b23-8+/t13-,15-,16-,19-/m1/s1. The minimum atomic E-state index is -1.28. The van der Waals surface area contributed by atoms with E-state index >= 15 is 0 Å². The van der Waals surface area contributed by atoms with Crippen molar-refractivity contribution in [2.75, 3.05) is 24.4 Å². The number of nitrogens with zero attached hydrogens (tertiary/aromatic N) is 5. The van der Waals surface area contributed by atoms with Crippen molar-refractivity contribution in [1.29, 1.82) is 0 Å². The molecule has 0 spiro atoms.